The minimum atomic E-state index is -0.758. The number of aromatic hydroxyl groups is 1. The summed E-state index contributed by atoms with van der Waals surface area (Å²) in [5.74, 6) is 0.0733. The zero-order valence-electron chi connectivity index (χ0n) is 12.8. The first-order valence-electron chi connectivity index (χ1n) is 7.53. The lowest BCUT2D eigenvalue weighted by atomic mass is 10.0. The van der Waals surface area contributed by atoms with Crippen molar-refractivity contribution in [2.75, 3.05) is 18.0 Å². The second-order valence-corrected chi connectivity index (χ2v) is 6.04. The predicted molar refractivity (Wildman–Crippen MR) is 89.2 cm³/mol. The van der Waals surface area contributed by atoms with Crippen molar-refractivity contribution in [1.29, 1.82) is 0 Å². The van der Waals surface area contributed by atoms with E-state index in [-0.39, 0.29) is 11.3 Å². The molecule has 0 aliphatic carbocycles. The molecule has 1 aromatic carbocycles. The van der Waals surface area contributed by atoms with Crippen molar-refractivity contribution < 1.29 is 15.0 Å². The highest BCUT2D eigenvalue weighted by Gasteiger charge is 2.30. The van der Waals surface area contributed by atoms with Gasteiger partial charge in [-0.3, -0.25) is 9.78 Å². The SMILES string of the molecule is O=C(N[C@@H]1CCN(c2cnccn2)C[C@H]1O)c1cc(Cl)ccc1O. The Balaban J connectivity index is 1.65. The first kappa shape index (κ1) is 16.5. The maximum atomic E-state index is 12.3. The minimum Gasteiger partial charge on any atom is -0.507 e. The molecule has 0 spiro atoms. The summed E-state index contributed by atoms with van der Waals surface area (Å²) in [6, 6.07) is 3.85. The van der Waals surface area contributed by atoms with Gasteiger partial charge in [-0.05, 0) is 24.6 Å². The highest BCUT2D eigenvalue weighted by Crippen LogP contribution is 2.22. The largest absolute Gasteiger partial charge is 0.507 e. The predicted octanol–water partition coefficient (Wildman–Crippen LogP) is 1.21. The summed E-state index contributed by atoms with van der Waals surface area (Å²) in [5.41, 5.74) is 0.0889. The molecule has 1 fully saturated rings. The van der Waals surface area contributed by atoms with E-state index >= 15 is 0 Å². The quantitative estimate of drug-likeness (QED) is 0.771. The molecule has 2 heterocycles. The lowest BCUT2D eigenvalue weighted by molar-refractivity contribution is 0.0795. The molecule has 2 atom stereocenters. The van der Waals surface area contributed by atoms with Gasteiger partial charge in [0.1, 0.15) is 11.6 Å². The van der Waals surface area contributed by atoms with Crippen molar-refractivity contribution in [2.45, 2.75) is 18.6 Å². The van der Waals surface area contributed by atoms with Crippen LogP contribution in [0.4, 0.5) is 5.82 Å². The van der Waals surface area contributed by atoms with Gasteiger partial charge in [-0.1, -0.05) is 11.6 Å². The van der Waals surface area contributed by atoms with E-state index in [0.29, 0.717) is 30.4 Å². The standard InChI is InChI=1S/C16H17ClN4O3/c17-10-1-2-13(22)11(7-10)16(24)20-12-3-6-21(9-14(12)23)15-8-18-4-5-19-15/h1-2,4-5,7-8,12,14,22-23H,3,6,9H2,(H,20,24)/t12-,14-/m1/s1. The fourth-order valence-electron chi connectivity index (χ4n) is 2.70. The van der Waals surface area contributed by atoms with Crippen LogP contribution in [0.2, 0.25) is 5.02 Å². The summed E-state index contributed by atoms with van der Waals surface area (Å²) in [5, 5.41) is 23.2. The summed E-state index contributed by atoms with van der Waals surface area (Å²) in [4.78, 5) is 22.4. The Morgan fingerprint density at radius 2 is 2.21 bits per heavy atom. The van der Waals surface area contributed by atoms with Crippen molar-refractivity contribution in [3.05, 3.63) is 47.4 Å². The summed E-state index contributed by atoms with van der Waals surface area (Å²) in [7, 11) is 0. The van der Waals surface area contributed by atoms with E-state index in [9.17, 15) is 15.0 Å². The summed E-state index contributed by atoms with van der Waals surface area (Å²) >= 11 is 5.86. The fourth-order valence-corrected chi connectivity index (χ4v) is 2.87. The number of anilines is 1. The first-order chi connectivity index (χ1) is 11.5. The average molecular weight is 349 g/mol. The lowest BCUT2D eigenvalue weighted by Gasteiger charge is -2.36. The van der Waals surface area contributed by atoms with Gasteiger partial charge in [0.05, 0.1) is 23.9 Å². The number of nitrogens with one attached hydrogen (secondary N) is 1. The number of carbonyl (C=O) groups excluding carboxylic acids is 1. The molecule has 8 heteroatoms. The number of benzene rings is 1. The Labute approximate surface area is 143 Å². The van der Waals surface area contributed by atoms with Crippen LogP contribution >= 0.6 is 11.6 Å². The van der Waals surface area contributed by atoms with Crippen LogP contribution in [0.25, 0.3) is 0 Å². The number of carbonyl (C=O) groups is 1. The van der Waals surface area contributed by atoms with Gasteiger partial charge < -0.3 is 20.4 Å². The number of rotatable bonds is 3. The number of amides is 1. The van der Waals surface area contributed by atoms with E-state index in [1.54, 1.807) is 18.6 Å². The molecule has 0 saturated carbocycles. The van der Waals surface area contributed by atoms with Crippen LogP contribution in [0.1, 0.15) is 16.8 Å². The third kappa shape index (κ3) is 3.58. The van der Waals surface area contributed by atoms with Gasteiger partial charge in [0.2, 0.25) is 0 Å². The monoisotopic (exact) mass is 348 g/mol. The van der Waals surface area contributed by atoms with Crippen molar-refractivity contribution >= 4 is 23.3 Å². The van der Waals surface area contributed by atoms with E-state index < -0.39 is 18.1 Å². The normalized spacial score (nSPS) is 20.7. The molecular weight excluding hydrogens is 332 g/mol. The van der Waals surface area contributed by atoms with E-state index in [1.807, 2.05) is 4.90 Å². The average Bonchev–Trinajstić information content (AvgIpc) is 2.59. The van der Waals surface area contributed by atoms with Crippen LogP contribution < -0.4 is 10.2 Å². The van der Waals surface area contributed by atoms with Gasteiger partial charge in [-0.2, -0.15) is 0 Å². The van der Waals surface area contributed by atoms with Crippen molar-refractivity contribution in [3.8, 4) is 5.75 Å². The molecule has 24 heavy (non-hydrogen) atoms. The van der Waals surface area contributed by atoms with Gasteiger partial charge in [-0.15, -0.1) is 0 Å². The van der Waals surface area contributed by atoms with Gasteiger partial charge in [0.25, 0.3) is 5.91 Å². The minimum absolute atomic E-state index is 0.0889. The molecule has 0 unspecified atom stereocenters. The number of aliphatic hydroxyl groups excluding tert-OH is 1. The summed E-state index contributed by atoms with van der Waals surface area (Å²) in [6.45, 7) is 0.966. The molecule has 0 radical (unpaired) electrons. The number of aliphatic hydroxyl groups is 1. The van der Waals surface area contributed by atoms with Crippen LogP contribution in [0.5, 0.6) is 5.75 Å². The van der Waals surface area contributed by atoms with Gasteiger partial charge in [0.15, 0.2) is 0 Å². The first-order valence-corrected chi connectivity index (χ1v) is 7.91. The van der Waals surface area contributed by atoms with E-state index in [4.69, 9.17) is 11.6 Å². The Morgan fingerprint density at radius 1 is 1.38 bits per heavy atom. The van der Waals surface area contributed by atoms with E-state index in [1.165, 1.54) is 18.2 Å². The molecule has 1 aromatic heterocycles. The Hall–Kier alpha value is -2.38. The maximum absolute atomic E-state index is 12.3. The van der Waals surface area contributed by atoms with Gasteiger partial charge in [0, 0.05) is 30.5 Å². The van der Waals surface area contributed by atoms with E-state index in [2.05, 4.69) is 15.3 Å². The third-order valence-electron chi connectivity index (χ3n) is 3.98. The van der Waals surface area contributed by atoms with Crippen LogP contribution in [-0.4, -0.2) is 51.3 Å². The third-order valence-corrected chi connectivity index (χ3v) is 4.21. The highest BCUT2D eigenvalue weighted by molar-refractivity contribution is 6.31. The number of halogens is 1. The van der Waals surface area contributed by atoms with Gasteiger partial charge >= 0.3 is 0 Å². The van der Waals surface area contributed by atoms with E-state index in [0.717, 1.165) is 0 Å². The number of aromatic nitrogens is 2. The smallest absolute Gasteiger partial charge is 0.255 e. The summed E-state index contributed by atoms with van der Waals surface area (Å²) < 4.78 is 0. The van der Waals surface area contributed by atoms with Crippen LogP contribution in [0, 0.1) is 0 Å². The molecule has 126 valence electrons. The number of nitrogens with zero attached hydrogens (tertiary/aromatic N) is 3. The fraction of sp³-hybridized carbons (Fsp3) is 0.312. The van der Waals surface area contributed by atoms with Crippen molar-refractivity contribution in [2.24, 2.45) is 0 Å². The molecule has 1 saturated heterocycles. The molecule has 1 aliphatic rings. The van der Waals surface area contributed by atoms with Gasteiger partial charge in [-0.25, -0.2) is 4.98 Å². The number of hydrogen-bond acceptors (Lipinski definition) is 6. The maximum Gasteiger partial charge on any atom is 0.255 e. The lowest BCUT2D eigenvalue weighted by Crippen LogP contribution is -2.54. The topological polar surface area (TPSA) is 98.6 Å². The number of β-amino-alcohol motifs (C(OH)–C–C–N with tert-alkyl or cyclic N) is 1. The Morgan fingerprint density at radius 3 is 2.92 bits per heavy atom. The van der Waals surface area contributed by atoms with Crippen LogP contribution in [-0.2, 0) is 0 Å². The summed E-state index contributed by atoms with van der Waals surface area (Å²) in [6.07, 6.45) is 4.61. The van der Waals surface area contributed by atoms with Crippen molar-refractivity contribution in [1.82, 2.24) is 15.3 Å². The van der Waals surface area contributed by atoms with Crippen LogP contribution in [0.3, 0.4) is 0 Å². The second-order valence-electron chi connectivity index (χ2n) is 5.61. The number of phenolic OH excluding ortho intramolecular Hbond substituents is 1. The number of piperidine rings is 1. The zero-order chi connectivity index (χ0) is 17.1. The molecule has 3 N–H and O–H groups in total. The zero-order valence-corrected chi connectivity index (χ0v) is 13.5. The molecule has 7 nitrogen and oxygen atoms in total. The molecular formula is C16H17ClN4O3. The molecule has 1 amide bonds. The van der Waals surface area contributed by atoms with Crippen molar-refractivity contribution in [3.63, 3.8) is 0 Å². The molecule has 0 bridgehead atoms. The highest BCUT2D eigenvalue weighted by atomic mass is 35.5. The second kappa shape index (κ2) is 7.02. The van der Waals surface area contributed by atoms with Crippen LogP contribution in [0.15, 0.2) is 36.8 Å². The Bertz CT molecular complexity index is 729. The molecule has 2 aromatic rings. The number of hydrogen-bond donors (Lipinski definition) is 3. The molecule has 3 rings (SSSR count). The Kier molecular flexibility index (Phi) is 4.82. The molecule has 1 aliphatic heterocycles. The number of phenols is 1.